The second kappa shape index (κ2) is 6.02. The van der Waals surface area contributed by atoms with Crippen LogP contribution in [0, 0.1) is 15.3 Å². The van der Waals surface area contributed by atoms with Gasteiger partial charge >= 0.3 is 11.8 Å². The predicted octanol–water partition coefficient (Wildman–Crippen LogP) is 1.42. The number of aromatic nitrogens is 2. The van der Waals surface area contributed by atoms with E-state index in [4.69, 9.17) is 4.74 Å². The van der Waals surface area contributed by atoms with Gasteiger partial charge in [0, 0.05) is 6.07 Å². The lowest BCUT2D eigenvalue weighted by Crippen LogP contribution is -2.59. The zero-order valence-electron chi connectivity index (χ0n) is 12.9. The average molecular weight is 337 g/mol. The van der Waals surface area contributed by atoms with Crippen molar-refractivity contribution in [1.82, 2.24) is 10.3 Å². The second-order valence-electron chi connectivity index (χ2n) is 5.34. The number of carbonyl (C=O) groups excluding carboxylic acids is 1. The van der Waals surface area contributed by atoms with Crippen LogP contribution in [-0.2, 0) is 4.74 Å². The van der Waals surface area contributed by atoms with Crippen LogP contribution >= 0.6 is 0 Å². The molecule has 1 fully saturated rings. The van der Waals surface area contributed by atoms with Crippen LogP contribution in [0.4, 0.5) is 16.2 Å². The minimum absolute atomic E-state index is 0.0165. The van der Waals surface area contributed by atoms with E-state index in [1.165, 1.54) is 6.07 Å². The molecule has 1 aromatic heterocycles. The predicted molar refractivity (Wildman–Crippen MR) is 81.1 cm³/mol. The Morgan fingerprint density at radius 2 is 2.04 bits per heavy atom. The van der Waals surface area contributed by atoms with Crippen LogP contribution < -0.4 is 4.90 Å². The van der Waals surface area contributed by atoms with Crippen molar-refractivity contribution < 1.29 is 23.7 Å². The fourth-order valence-corrected chi connectivity index (χ4v) is 2.70. The van der Waals surface area contributed by atoms with Gasteiger partial charge in [-0.25, -0.2) is 4.63 Å². The highest BCUT2D eigenvalue weighted by Crippen LogP contribution is 2.32. The summed E-state index contributed by atoms with van der Waals surface area (Å²) in [6.07, 6.45) is -0.797. The molecule has 0 unspecified atom stereocenters. The van der Waals surface area contributed by atoms with Gasteiger partial charge in [-0.05, 0) is 23.3 Å². The van der Waals surface area contributed by atoms with Crippen LogP contribution in [0.5, 0.6) is 0 Å². The highest BCUT2D eigenvalue weighted by Gasteiger charge is 2.35. The van der Waals surface area contributed by atoms with Crippen molar-refractivity contribution >= 4 is 28.5 Å². The van der Waals surface area contributed by atoms with E-state index in [2.05, 4.69) is 14.9 Å². The van der Waals surface area contributed by atoms with Gasteiger partial charge in [0.05, 0.1) is 30.3 Å². The molecule has 0 saturated carbocycles. The topological polar surface area (TPSA) is 135 Å². The number of ether oxygens (including phenoxy) is 1. The van der Waals surface area contributed by atoms with Crippen LogP contribution in [0.2, 0.25) is 0 Å². The number of rotatable bonds is 3. The maximum atomic E-state index is 12.4. The molecule has 1 aromatic carbocycles. The molecule has 0 radical (unpaired) electrons. The van der Waals surface area contributed by atoms with Crippen LogP contribution in [-0.4, -0.2) is 58.8 Å². The number of anilines is 1. The molecule has 2 aromatic rings. The molecule has 0 atom stereocenters. The SMILES string of the molecule is CCOC(=O)[N+]1([O-])CCN(c2ccc([N+](=O)[O-])c3nonc23)CC1. The van der Waals surface area contributed by atoms with Crippen molar-refractivity contribution in [3.05, 3.63) is 27.5 Å². The summed E-state index contributed by atoms with van der Waals surface area (Å²) in [6.45, 7) is 2.39. The summed E-state index contributed by atoms with van der Waals surface area (Å²) in [4.78, 5) is 24.0. The minimum Gasteiger partial charge on any atom is -0.622 e. The molecule has 1 amide bonds. The van der Waals surface area contributed by atoms with E-state index in [1.807, 2.05) is 4.90 Å². The summed E-state index contributed by atoms with van der Waals surface area (Å²) >= 11 is 0. The zero-order valence-corrected chi connectivity index (χ0v) is 12.9. The summed E-state index contributed by atoms with van der Waals surface area (Å²) in [5.41, 5.74) is 0.682. The third-order valence-electron chi connectivity index (χ3n) is 3.97. The molecule has 1 saturated heterocycles. The molecule has 2 heterocycles. The summed E-state index contributed by atoms with van der Waals surface area (Å²) in [5.74, 6) is 0. The minimum atomic E-state index is -1.04. The van der Waals surface area contributed by atoms with Crippen molar-refractivity contribution in [2.75, 3.05) is 37.7 Å². The number of amides is 1. The number of nitro groups is 1. The first-order valence-electron chi connectivity index (χ1n) is 7.36. The van der Waals surface area contributed by atoms with Crippen LogP contribution in [0.15, 0.2) is 16.8 Å². The van der Waals surface area contributed by atoms with Crippen LogP contribution in [0.3, 0.4) is 0 Å². The number of hydrogen-bond acceptors (Lipinski definition) is 9. The lowest BCUT2D eigenvalue weighted by atomic mass is 10.2. The molecular formula is C13H15N5O6. The van der Waals surface area contributed by atoms with E-state index in [0.717, 1.165) is 0 Å². The Morgan fingerprint density at radius 3 is 2.67 bits per heavy atom. The number of piperazine rings is 1. The largest absolute Gasteiger partial charge is 0.622 e. The van der Waals surface area contributed by atoms with Gasteiger partial charge in [0.1, 0.15) is 13.1 Å². The Bertz CT molecular complexity index is 782. The molecule has 0 aliphatic carbocycles. The molecule has 0 bridgehead atoms. The van der Waals surface area contributed by atoms with Crippen molar-refractivity contribution in [1.29, 1.82) is 0 Å². The number of nitro benzene ring substituents is 1. The quantitative estimate of drug-likeness (QED) is 0.352. The number of hydrogen-bond donors (Lipinski definition) is 0. The van der Waals surface area contributed by atoms with Gasteiger partial charge in [0.2, 0.25) is 5.52 Å². The Labute approximate surface area is 135 Å². The molecule has 11 heteroatoms. The van der Waals surface area contributed by atoms with Gasteiger partial charge in [0.15, 0.2) is 5.52 Å². The smallest absolute Gasteiger partial charge is 0.516 e. The van der Waals surface area contributed by atoms with Crippen LogP contribution in [0.1, 0.15) is 6.92 Å². The Morgan fingerprint density at radius 1 is 1.38 bits per heavy atom. The molecule has 24 heavy (non-hydrogen) atoms. The molecule has 3 rings (SSSR count). The molecule has 128 valence electrons. The van der Waals surface area contributed by atoms with Crippen molar-refractivity contribution in [2.45, 2.75) is 6.92 Å². The van der Waals surface area contributed by atoms with Gasteiger partial charge in [-0.2, -0.15) is 4.79 Å². The normalized spacial score (nSPS) is 17.0. The zero-order chi connectivity index (χ0) is 17.3. The third kappa shape index (κ3) is 2.63. The molecule has 11 nitrogen and oxygen atoms in total. The maximum Gasteiger partial charge on any atom is 0.516 e. The number of quaternary nitrogens is 1. The Hall–Kier alpha value is -2.79. The van der Waals surface area contributed by atoms with Gasteiger partial charge in [-0.3, -0.25) is 14.8 Å². The first kappa shape index (κ1) is 16.1. The molecule has 0 N–H and O–H groups in total. The first-order chi connectivity index (χ1) is 11.5. The molecule has 0 spiro atoms. The van der Waals surface area contributed by atoms with Gasteiger partial charge < -0.3 is 14.8 Å². The van der Waals surface area contributed by atoms with Gasteiger partial charge in [-0.15, -0.1) is 0 Å². The molecule has 1 aliphatic heterocycles. The Kier molecular flexibility index (Phi) is 4.03. The number of hydroxylamine groups is 3. The maximum absolute atomic E-state index is 12.4. The number of benzene rings is 1. The third-order valence-corrected chi connectivity index (χ3v) is 3.97. The number of nitrogens with zero attached hydrogens (tertiary/aromatic N) is 5. The highest BCUT2D eigenvalue weighted by molar-refractivity contribution is 5.93. The lowest BCUT2D eigenvalue weighted by molar-refractivity contribution is -0.808. The highest BCUT2D eigenvalue weighted by atomic mass is 16.7. The van der Waals surface area contributed by atoms with Gasteiger partial charge in [-0.1, -0.05) is 0 Å². The fourth-order valence-electron chi connectivity index (χ4n) is 2.70. The van der Waals surface area contributed by atoms with E-state index in [-0.39, 0.29) is 49.5 Å². The summed E-state index contributed by atoms with van der Waals surface area (Å²) in [6, 6.07) is 2.86. The monoisotopic (exact) mass is 337 g/mol. The summed E-state index contributed by atoms with van der Waals surface area (Å²) in [7, 11) is 0. The van der Waals surface area contributed by atoms with E-state index in [0.29, 0.717) is 5.69 Å². The second-order valence-corrected chi connectivity index (χ2v) is 5.34. The van der Waals surface area contributed by atoms with Crippen molar-refractivity contribution in [2.24, 2.45) is 0 Å². The van der Waals surface area contributed by atoms with E-state index in [9.17, 15) is 20.1 Å². The van der Waals surface area contributed by atoms with Gasteiger partial charge in [0.25, 0.3) is 0 Å². The van der Waals surface area contributed by atoms with E-state index in [1.54, 1.807) is 13.0 Å². The van der Waals surface area contributed by atoms with Crippen molar-refractivity contribution in [3.63, 3.8) is 0 Å². The first-order valence-corrected chi connectivity index (χ1v) is 7.36. The number of fused-ring (bicyclic) bond motifs is 1. The molecular weight excluding hydrogens is 322 g/mol. The Balaban J connectivity index is 1.84. The average Bonchev–Trinajstić information content (AvgIpc) is 3.04. The number of carbonyl (C=O) groups is 1. The lowest BCUT2D eigenvalue weighted by Gasteiger charge is -2.44. The van der Waals surface area contributed by atoms with Crippen molar-refractivity contribution in [3.8, 4) is 0 Å². The summed E-state index contributed by atoms with van der Waals surface area (Å²) < 4.78 is 8.40. The number of non-ortho nitro benzene ring substituents is 1. The summed E-state index contributed by atoms with van der Waals surface area (Å²) in [5, 5.41) is 30.8. The van der Waals surface area contributed by atoms with Crippen LogP contribution in [0.25, 0.3) is 11.0 Å². The standard InChI is InChI=1S/C13H15N5O6/c1-2-23-13(19)18(22)7-5-16(6-8-18)9-3-4-10(17(20)21)12-11(9)14-24-15-12/h3-4H,2,5-8H2,1H3. The fraction of sp³-hybridized carbons (Fsp3) is 0.462. The van der Waals surface area contributed by atoms with E-state index >= 15 is 0 Å². The molecule has 1 aliphatic rings. The van der Waals surface area contributed by atoms with E-state index < -0.39 is 15.7 Å².